The van der Waals surface area contributed by atoms with Crippen LogP contribution in [0.15, 0.2) is 48.5 Å². The van der Waals surface area contributed by atoms with Gasteiger partial charge in [0, 0.05) is 24.2 Å². The largest absolute Gasteiger partial charge is 0.497 e. The Morgan fingerprint density at radius 1 is 1.04 bits per heavy atom. The summed E-state index contributed by atoms with van der Waals surface area (Å²) in [6, 6.07) is 15.7. The van der Waals surface area contributed by atoms with E-state index < -0.39 is 0 Å². The van der Waals surface area contributed by atoms with Crippen molar-refractivity contribution >= 4 is 5.91 Å². The average molecular weight is 311 g/mol. The Hall–Kier alpha value is -2.49. The summed E-state index contributed by atoms with van der Waals surface area (Å²) in [4.78, 5) is 14.9. The number of amides is 1. The lowest BCUT2D eigenvalue weighted by Gasteiger charge is -2.23. The summed E-state index contributed by atoms with van der Waals surface area (Å²) in [6.07, 6.45) is 2.14. The van der Waals surface area contributed by atoms with E-state index in [4.69, 9.17) is 9.47 Å². The van der Waals surface area contributed by atoms with Crippen LogP contribution in [0.3, 0.4) is 0 Å². The van der Waals surface area contributed by atoms with E-state index in [1.165, 1.54) is 0 Å². The minimum Gasteiger partial charge on any atom is -0.497 e. The third-order valence-corrected chi connectivity index (χ3v) is 4.04. The Labute approximate surface area is 136 Å². The molecule has 0 unspecified atom stereocenters. The van der Waals surface area contributed by atoms with E-state index in [1.54, 1.807) is 32.4 Å². The molecule has 4 heteroatoms. The molecule has 2 aromatic carbocycles. The number of benzene rings is 2. The van der Waals surface area contributed by atoms with Gasteiger partial charge < -0.3 is 14.4 Å². The van der Waals surface area contributed by atoms with Crippen LogP contribution in [0.1, 0.15) is 28.8 Å². The van der Waals surface area contributed by atoms with Crippen molar-refractivity contribution in [3.05, 3.63) is 59.7 Å². The number of nitrogens with zero attached hydrogens (tertiary/aromatic N) is 1. The maximum absolute atomic E-state index is 13.0. The third kappa shape index (κ3) is 3.65. The lowest BCUT2D eigenvalue weighted by molar-refractivity contribution is 0.0729. The zero-order valence-electron chi connectivity index (χ0n) is 13.5. The van der Waals surface area contributed by atoms with Crippen molar-refractivity contribution < 1.29 is 14.3 Å². The van der Waals surface area contributed by atoms with Crippen molar-refractivity contribution in [3.63, 3.8) is 0 Å². The Bertz CT molecular complexity index is 658. The van der Waals surface area contributed by atoms with Gasteiger partial charge >= 0.3 is 0 Å². The lowest BCUT2D eigenvalue weighted by atomic mass is 10.1. The molecule has 1 saturated carbocycles. The Kier molecular flexibility index (Phi) is 4.51. The van der Waals surface area contributed by atoms with Crippen LogP contribution in [0.5, 0.6) is 11.5 Å². The van der Waals surface area contributed by atoms with Crippen LogP contribution in [-0.2, 0) is 6.54 Å². The van der Waals surface area contributed by atoms with Crippen LogP contribution in [0.2, 0.25) is 0 Å². The SMILES string of the molecule is COc1cc(OC)cc(C(=O)N(Cc2ccccc2)C2CC2)c1. The molecule has 4 nitrogen and oxygen atoms in total. The molecule has 3 rings (SSSR count). The molecule has 0 N–H and O–H groups in total. The predicted octanol–water partition coefficient (Wildman–Crippen LogP) is 3.51. The van der Waals surface area contributed by atoms with Gasteiger partial charge in [-0.2, -0.15) is 0 Å². The fraction of sp³-hybridized carbons (Fsp3) is 0.316. The molecular weight excluding hydrogens is 290 g/mol. The normalized spacial score (nSPS) is 13.5. The summed E-state index contributed by atoms with van der Waals surface area (Å²) < 4.78 is 10.5. The molecule has 1 aliphatic rings. The molecular formula is C19H21NO3. The van der Waals surface area contributed by atoms with Crippen molar-refractivity contribution in [2.45, 2.75) is 25.4 Å². The zero-order valence-corrected chi connectivity index (χ0v) is 13.5. The van der Waals surface area contributed by atoms with E-state index in [-0.39, 0.29) is 5.91 Å². The smallest absolute Gasteiger partial charge is 0.254 e. The predicted molar refractivity (Wildman–Crippen MR) is 88.9 cm³/mol. The number of rotatable bonds is 6. The Morgan fingerprint density at radius 3 is 2.17 bits per heavy atom. The van der Waals surface area contributed by atoms with Gasteiger partial charge in [0.2, 0.25) is 0 Å². The second-order valence-electron chi connectivity index (χ2n) is 5.75. The van der Waals surface area contributed by atoms with E-state index in [0.717, 1.165) is 18.4 Å². The number of carbonyl (C=O) groups is 1. The summed E-state index contributed by atoms with van der Waals surface area (Å²) in [5, 5.41) is 0. The first kappa shape index (κ1) is 15.4. The van der Waals surface area contributed by atoms with Crippen LogP contribution >= 0.6 is 0 Å². The molecule has 0 atom stereocenters. The van der Waals surface area contributed by atoms with Gasteiger partial charge in [-0.3, -0.25) is 4.79 Å². The molecule has 0 saturated heterocycles. The maximum Gasteiger partial charge on any atom is 0.254 e. The molecule has 120 valence electrons. The first-order chi connectivity index (χ1) is 11.2. The fourth-order valence-corrected chi connectivity index (χ4v) is 2.63. The molecule has 1 fully saturated rings. The molecule has 0 bridgehead atoms. The molecule has 0 radical (unpaired) electrons. The molecule has 0 aliphatic heterocycles. The number of hydrogen-bond acceptors (Lipinski definition) is 3. The van der Waals surface area contributed by atoms with Crippen molar-refractivity contribution in [2.75, 3.05) is 14.2 Å². The van der Waals surface area contributed by atoms with Crippen molar-refractivity contribution in [3.8, 4) is 11.5 Å². The molecule has 0 spiro atoms. The molecule has 1 aliphatic carbocycles. The molecule has 0 heterocycles. The van der Waals surface area contributed by atoms with E-state index >= 15 is 0 Å². The van der Waals surface area contributed by atoms with Gasteiger partial charge in [0.1, 0.15) is 11.5 Å². The monoisotopic (exact) mass is 311 g/mol. The van der Waals surface area contributed by atoms with Gasteiger partial charge in [0.05, 0.1) is 14.2 Å². The molecule has 2 aromatic rings. The van der Waals surface area contributed by atoms with Gasteiger partial charge in [-0.1, -0.05) is 30.3 Å². The summed E-state index contributed by atoms with van der Waals surface area (Å²) in [5.74, 6) is 1.28. The number of hydrogen-bond donors (Lipinski definition) is 0. The second kappa shape index (κ2) is 6.73. The number of methoxy groups -OCH3 is 2. The highest BCUT2D eigenvalue weighted by molar-refractivity contribution is 5.95. The van der Waals surface area contributed by atoms with Gasteiger partial charge in [0.15, 0.2) is 0 Å². The molecule has 23 heavy (non-hydrogen) atoms. The van der Waals surface area contributed by atoms with E-state index in [9.17, 15) is 4.79 Å². The number of carbonyl (C=O) groups excluding carboxylic acids is 1. The molecule has 1 amide bonds. The minimum absolute atomic E-state index is 0.0218. The van der Waals surface area contributed by atoms with E-state index in [2.05, 4.69) is 12.1 Å². The summed E-state index contributed by atoms with van der Waals surface area (Å²) in [7, 11) is 3.18. The summed E-state index contributed by atoms with van der Waals surface area (Å²) in [6.45, 7) is 0.629. The van der Waals surface area contributed by atoms with Crippen LogP contribution in [0.4, 0.5) is 0 Å². The van der Waals surface area contributed by atoms with Crippen molar-refractivity contribution in [1.29, 1.82) is 0 Å². The van der Waals surface area contributed by atoms with E-state index in [1.807, 2.05) is 23.1 Å². The maximum atomic E-state index is 13.0. The first-order valence-corrected chi connectivity index (χ1v) is 7.79. The highest BCUT2D eigenvalue weighted by Gasteiger charge is 2.33. The van der Waals surface area contributed by atoms with Gasteiger partial charge in [-0.15, -0.1) is 0 Å². The van der Waals surface area contributed by atoms with Crippen LogP contribution < -0.4 is 9.47 Å². The van der Waals surface area contributed by atoms with Gasteiger partial charge in [-0.25, -0.2) is 0 Å². The van der Waals surface area contributed by atoms with Gasteiger partial charge in [-0.05, 0) is 30.5 Å². The minimum atomic E-state index is 0.0218. The third-order valence-electron chi connectivity index (χ3n) is 4.04. The Morgan fingerprint density at radius 2 is 1.65 bits per heavy atom. The summed E-state index contributed by atoms with van der Waals surface area (Å²) in [5.41, 5.74) is 1.74. The quantitative estimate of drug-likeness (QED) is 0.819. The average Bonchev–Trinajstić information content (AvgIpc) is 3.44. The number of ether oxygens (including phenoxy) is 2. The van der Waals surface area contributed by atoms with Crippen molar-refractivity contribution in [2.24, 2.45) is 0 Å². The lowest BCUT2D eigenvalue weighted by Crippen LogP contribution is -2.32. The highest BCUT2D eigenvalue weighted by Crippen LogP contribution is 2.31. The first-order valence-electron chi connectivity index (χ1n) is 7.79. The van der Waals surface area contributed by atoms with Crippen LogP contribution in [0.25, 0.3) is 0 Å². The van der Waals surface area contributed by atoms with Crippen LogP contribution in [-0.4, -0.2) is 31.1 Å². The van der Waals surface area contributed by atoms with Crippen molar-refractivity contribution in [1.82, 2.24) is 4.90 Å². The summed E-state index contributed by atoms with van der Waals surface area (Å²) >= 11 is 0. The fourth-order valence-electron chi connectivity index (χ4n) is 2.63. The van der Waals surface area contributed by atoms with Crippen LogP contribution in [0, 0.1) is 0 Å². The topological polar surface area (TPSA) is 38.8 Å². The van der Waals surface area contributed by atoms with Gasteiger partial charge in [0.25, 0.3) is 5.91 Å². The Balaban J connectivity index is 1.86. The van der Waals surface area contributed by atoms with E-state index in [0.29, 0.717) is 29.6 Å². The second-order valence-corrected chi connectivity index (χ2v) is 5.75. The highest BCUT2D eigenvalue weighted by atomic mass is 16.5. The zero-order chi connectivity index (χ0) is 16.2. The standard InChI is InChI=1S/C19H21NO3/c1-22-17-10-15(11-18(12-17)23-2)19(21)20(16-8-9-16)13-14-6-4-3-5-7-14/h3-7,10-12,16H,8-9,13H2,1-2H3. The molecule has 0 aromatic heterocycles.